The molecule has 0 atom stereocenters. The molecule has 4 N–H and O–H groups in total. The van der Waals surface area contributed by atoms with Gasteiger partial charge in [0, 0.05) is 36.8 Å². The Morgan fingerprint density at radius 1 is 1.21 bits per heavy atom. The molecule has 180 valence electrons. The molecule has 0 aliphatic carbocycles. The minimum absolute atomic E-state index is 0.0253. The van der Waals surface area contributed by atoms with Crippen molar-refractivity contribution in [1.29, 1.82) is 5.41 Å². The van der Waals surface area contributed by atoms with Crippen molar-refractivity contribution in [3.05, 3.63) is 57.6 Å². The second-order valence-electron chi connectivity index (χ2n) is 8.25. The Balaban J connectivity index is 1.81. The molecular weight excluding hydrogens is 436 g/mol. The maximum Gasteiger partial charge on any atom is 0.254 e. The number of rotatable bonds is 10. The van der Waals surface area contributed by atoms with Gasteiger partial charge in [0.05, 0.1) is 25.3 Å². The van der Waals surface area contributed by atoms with Crippen molar-refractivity contribution in [3.8, 4) is 11.5 Å². The minimum Gasteiger partial charge on any atom is -0.507 e. The molecule has 2 aromatic carbocycles. The van der Waals surface area contributed by atoms with Crippen LogP contribution in [-0.2, 0) is 17.9 Å². The number of nitrogens with zero attached hydrogens (tertiary/aromatic N) is 1. The maximum atomic E-state index is 13.1. The molecule has 0 spiro atoms. The summed E-state index contributed by atoms with van der Waals surface area (Å²) in [5.74, 6) is 0.152. The first-order valence-electron chi connectivity index (χ1n) is 11.1. The van der Waals surface area contributed by atoms with E-state index in [0.717, 1.165) is 5.56 Å². The van der Waals surface area contributed by atoms with Gasteiger partial charge in [-0.2, -0.15) is 0 Å². The number of hydrogen-bond donors (Lipinski definition) is 4. The fourth-order valence-electron chi connectivity index (χ4n) is 3.94. The van der Waals surface area contributed by atoms with E-state index >= 15 is 0 Å². The number of hydrogen-bond acceptors (Lipinski definition) is 7. The van der Waals surface area contributed by atoms with Crippen LogP contribution < -0.4 is 15.4 Å². The van der Waals surface area contributed by atoms with E-state index in [-0.39, 0.29) is 48.7 Å². The van der Waals surface area contributed by atoms with Crippen molar-refractivity contribution in [2.24, 2.45) is 0 Å². The molecule has 34 heavy (non-hydrogen) atoms. The number of nitrogens with one attached hydrogen (secondary N) is 3. The zero-order chi connectivity index (χ0) is 25.0. The highest BCUT2D eigenvalue weighted by atomic mass is 16.5. The van der Waals surface area contributed by atoms with Crippen LogP contribution in [0.3, 0.4) is 0 Å². The van der Waals surface area contributed by atoms with Gasteiger partial charge in [-0.15, -0.1) is 0 Å². The summed E-state index contributed by atoms with van der Waals surface area (Å²) in [6, 6.07) is 6.62. The lowest BCUT2D eigenvalue weighted by Crippen LogP contribution is -2.30. The Morgan fingerprint density at radius 2 is 1.94 bits per heavy atom. The van der Waals surface area contributed by atoms with E-state index in [0.29, 0.717) is 46.7 Å². The summed E-state index contributed by atoms with van der Waals surface area (Å²) in [5.41, 5.74) is 3.25. The molecule has 2 aromatic rings. The van der Waals surface area contributed by atoms with E-state index in [2.05, 4.69) is 10.6 Å². The maximum absolute atomic E-state index is 13.1. The molecule has 1 amide bonds. The van der Waals surface area contributed by atoms with Crippen molar-refractivity contribution < 1.29 is 24.2 Å². The third-order valence-corrected chi connectivity index (χ3v) is 5.63. The predicted molar refractivity (Wildman–Crippen MR) is 128 cm³/mol. The highest BCUT2D eigenvalue weighted by molar-refractivity contribution is 6.07. The number of carbonyl (C=O) groups is 3. The standard InChI is InChI=1S/C25H30N4O5/c1-5-34-22-8-18-12-29(24(26)19(18)9-20(22)25(33)27-4)13-21(31)16-6-14(2)23(32)17(7-16)11-28-10-15(3)30/h6-9,26,28,32H,5,10-13H2,1-4H3,(H,27,33). The number of aryl methyl sites for hydroxylation is 1. The molecule has 1 aliphatic rings. The van der Waals surface area contributed by atoms with Crippen molar-refractivity contribution in [2.75, 3.05) is 26.7 Å². The van der Waals surface area contributed by atoms with Gasteiger partial charge >= 0.3 is 0 Å². The topological polar surface area (TPSA) is 132 Å². The van der Waals surface area contributed by atoms with Crippen LogP contribution in [0.2, 0.25) is 0 Å². The van der Waals surface area contributed by atoms with Crippen LogP contribution in [0.25, 0.3) is 0 Å². The Kier molecular flexibility index (Phi) is 7.68. The number of fused-ring (bicyclic) bond motifs is 1. The molecular formula is C25H30N4O5. The largest absolute Gasteiger partial charge is 0.507 e. The summed E-state index contributed by atoms with van der Waals surface area (Å²) in [6.45, 7) is 6.14. The summed E-state index contributed by atoms with van der Waals surface area (Å²) in [5, 5.41) is 24.5. The number of aromatic hydroxyl groups is 1. The van der Waals surface area contributed by atoms with Crippen molar-refractivity contribution >= 4 is 23.3 Å². The second kappa shape index (κ2) is 10.5. The number of phenolic OH excluding ortho intramolecular Hbond substituents is 1. The average molecular weight is 467 g/mol. The molecule has 0 fully saturated rings. The van der Waals surface area contributed by atoms with Crippen LogP contribution in [-0.4, -0.2) is 60.1 Å². The number of phenols is 1. The number of amidine groups is 1. The van der Waals surface area contributed by atoms with Gasteiger partial charge in [-0.3, -0.25) is 19.8 Å². The van der Waals surface area contributed by atoms with E-state index in [1.54, 1.807) is 36.1 Å². The average Bonchev–Trinajstić information content (AvgIpc) is 3.09. The van der Waals surface area contributed by atoms with E-state index in [9.17, 15) is 19.5 Å². The van der Waals surface area contributed by atoms with Gasteiger partial charge in [-0.1, -0.05) is 0 Å². The van der Waals surface area contributed by atoms with Crippen LogP contribution in [0.15, 0.2) is 24.3 Å². The molecule has 3 rings (SSSR count). The molecule has 9 nitrogen and oxygen atoms in total. The zero-order valence-electron chi connectivity index (χ0n) is 19.9. The summed E-state index contributed by atoms with van der Waals surface area (Å²) >= 11 is 0. The van der Waals surface area contributed by atoms with Crippen LogP contribution in [0.4, 0.5) is 0 Å². The number of ether oxygens (including phenoxy) is 1. The normalized spacial score (nSPS) is 12.5. The minimum atomic E-state index is -0.306. The van der Waals surface area contributed by atoms with Gasteiger partial charge in [-0.25, -0.2) is 0 Å². The van der Waals surface area contributed by atoms with E-state index in [4.69, 9.17) is 10.1 Å². The molecule has 1 heterocycles. The first-order valence-corrected chi connectivity index (χ1v) is 11.1. The van der Waals surface area contributed by atoms with Gasteiger partial charge in [0.1, 0.15) is 23.1 Å². The molecule has 0 unspecified atom stereocenters. The van der Waals surface area contributed by atoms with Crippen molar-refractivity contribution in [3.63, 3.8) is 0 Å². The Bertz CT molecular complexity index is 1160. The first-order chi connectivity index (χ1) is 16.2. The number of benzene rings is 2. The van der Waals surface area contributed by atoms with Crippen LogP contribution in [0.5, 0.6) is 11.5 Å². The highest BCUT2D eigenvalue weighted by Crippen LogP contribution is 2.31. The van der Waals surface area contributed by atoms with Gasteiger partial charge < -0.3 is 25.4 Å². The molecule has 0 saturated carbocycles. The van der Waals surface area contributed by atoms with Crippen LogP contribution >= 0.6 is 0 Å². The van der Waals surface area contributed by atoms with E-state index in [1.165, 1.54) is 14.0 Å². The second-order valence-corrected chi connectivity index (χ2v) is 8.25. The lowest BCUT2D eigenvalue weighted by Gasteiger charge is -2.18. The van der Waals surface area contributed by atoms with Gasteiger partial charge in [0.15, 0.2) is 5.78 Å². The Labute approximate surface area is 198 Å². The van der Waals surface area contributed by atoms with Gasteiger partial charge in [0.2, 0.25) is 0 Å². The summed E-state index contributed by atoms with van der Waals surface area (Å²) < 4.78 is 5.62. The Hall–Kier alpha value is -3.72. The molecule has 0 saturated heterocycles. The van der Waals surface area contributed by atoms with Crippen molar-refractivity contribution in [2.45, 2.75) is 33.9 Å². The van der Waals surface area contributed by atoms with E-state index in [1.807, 2.05) is 6.92 Å². The summed E-state index contributed by atoms with van der Waals surface area (Å²) in [4.78, 5) is 38.2. The highest BCUT2D eigenvalue weighted by Gasteiger charge is 2.29. The monoisotopic (exact) mass is 466 g/mol. The fraction of sp³-hybridized carbons (Fsp3) is 0.360. The predicted octanol–water partition coefficient (Wildman–Crippen LogP) is 2.16. The lowest BCUT2D eigenvalue weighted by atomic mass is 10.0. The smallest absolute Gasteiger partial charge is 0.254 e. The quantitative estimate of drug-likeness (QED) is 0.395. The van der Waals surface area contributed by atoms with Gasteiger partial charge in [0.25, 0.3) is 5.91 Å². The summed E-state index contributed by atoms with van der Waals surface area (Å²) in [6.07, 6.45) is 0. The number of amides is 1. The van der Waals surface area contributed by atoms with Crippen LogP contribution in [0.1, 0.15) is 56.8 Å². The molecule has 0 aromatic heterocycles. The number of carbonyl (C=O) groups excluding carboxylic acids is 3. The van der Waals surface area contributed by atoms with Crippen LogP contribution in [0, 0.1) is 12.3 Å². The molecule has 9 heteroatoms. The Morgan fingerprint density at radius 3 is 2.59 bits per heavy atom. The molecule has 1 aliphatic heterocycles. The fourth-order valence-corrected chi connectivity index (χ4v) is 3.94. The van der Waals surface area contributed by atoms with E-state index < -0.39 is 0 Å². The number of Topliss-reactive ketones (excluding diaryl/α,β-unsaturated/α-hetero) is 2. The number of ketones is 2. The first kappa shape index (κ1) is 24.9. The zero-order valence-corrected chi connectivity index (χ0v) is 19.9. The third kappa shape index (κ3) is 5.26. The molecule has 0 bridgehead atoms. The summed E-state index contributed by atoms with van der Waals surface area (Å²) in [7, 11) is 1.53. The lowest BCUT2D eigenvalue weighted by molar-refractivity contribution is -0.116. The SMILES string of the molecule is CCOc1cc2c(cc1C(=O)NC)C(=N)N(CC(=O)c1cc(C)c(O)c(CNCC(C)=O)c1)C2. The third-order valence-electron chi connectivity index (χ3n) is 5.63. The van der Waals surface area contributed by atoms with Gasteiger partial charge in [-0.05, 0) is 56.2 Å². The van der Waals surface area contributed by atoms with Crippen molar-refractivity contribution in [1.82, 2.24) is 15.5 Å². The molecule has 0 radical (unpaired) electrons.